The zero-order valence-corrected chi connectivity index (χ0v) is 8.44. The SMILES string of the molecule is CC.Cc1cc(C)nc(C(F)F)c1. The predicted molar refractivity (Wildman–Crippen MR) is 50.0 cm³/mol. The Balaban J connectivity index is 0.000000671. The van der Waals surface area contributed by atoms with E-state index in [0.717, 1.165) is 5.56 Å². The normalized spacial score (nSPS) is 9.46. The molecule has 0 amide bonds. The molecule has 0 saturated heterocycles. The molecule has 0 atom stereocenters. The van der Waals surface area contributed by atoms with E-state index in [1.165, 1.54) is 6.07 Å². The van der Waals surface area contributed by atoms with E-state index in [2.05, 4.69) is 4.98 Å². The maximum atomic E-state index is 12.1. The minimum absolute atomic E-state index is 0.137. The smallest absolute Gasteiger partial charge is 0.252 e. The van der Waals surface area contributed by atoms with Crippen LogP contribution in [0.25, 0.3) is 0 Å². The van der Waals surface area contributed by atoms with Crippen molar-refractivity contribution >= 4 is 0 Å². The van der Waals surface area contributed by atoms with Crippen LogP contribution < -0.4 is 0 Å². The van der Waals surface area contributed by atoms with E-state index in [0.29, 0.717) is 5.69 Å². The molecule has 0 unspecified atom stereocenters. The largest absolute Gasteiger partial charge is 0.280 e. The van der Waals surface area contributed by atoms with Crippen molar-refractivity contribution in [2.24, 2.45) is 0 Å². The summed E-state index contributed by atoms with van der Waals surface area (Å²) in [4.78, 5) is 3.68. The van der Waals surface area contributed by atoms with Crippen LogP contribution in [0.3, 0.4) is 0 Å². The van der Waals surface area contributed by atoms with Crippen molar-refractivity contribution in [3.05, 3.63) is 29.1 Å². The Morgan fingerprint density at radius 3 is 2.08 bits per heavy atom. The third-order valence-corrected chi connectivity index (χ3v) is 1.34. The molecule has 0 aliphatic rings. The van der Waals surface area contributed by atoms with E-state index < -0.39 is 6.43 Å². The van der Waals surface area contributed by atoms with E-state index >= 15 is 0 Å². The molecule has 0 spiro atoms. The lowest BCUT2D eigenvalue weighted by Gasteiger charge is -2.01. The van der Waals surface area contributed by atoms with Crippen LogP contribution >= 0.6 is 0 Å². The molecule has 0 bridgehead atoms. The van der Waals surface area contributed by atoms with E-state index in [1.54, 1.807) is 19.9 Å². The molecule has 1 aromatic heterocycles. The number of hydrogen-bond acceptors (Lipinski definition) is 1. The van der Waals surface area contributed by atoms with Gasteiger partial charge in [0, 0.05) is 5.69 Å². The van der Waals surface area contributed by atoms with Gasteiger partial charge in [0.05, 0.1) is 0 Å². The Morgan fingerprint density at radius 2 is 1.69 bits per heavy atom. The summed E-state index contributed by atoms with van der Waals surface area (Å²) in [6, 6.07) is 3.17. The molecule has 13 heavy (non-hydrogen) atoms. The van der Waals surface area contributed by atoms with Crippen LogP contribution in [0, 0.1) is 13.8 Å². The van der Waals surface area contributed by atoms with Crippen LogP contribution in [0.5, 0.6) is 0 Å². The van der Waals surface area contributed by atoms with Crippen molar-refractivity contribution < 1.29 is 8.78 Å². The van der Waals surface area contributed by atoms with Gasteiger partial charge in [0.25, 0.3) is 6.43 Å². The van der Waals surface area contributed by atoms with Crippen molar-refractivity contribution in [3.63, 3.8) is 0 Å². The second kappa shape index (κ2) is 5.62. The molecule has 0 radical (unpaired) electrons. The topological polar surface area (TPSA) is 12.9 Å². The highest BCUT2D eigenvalue weighted by atomic mass is 19.3. The third kappa shape index (κ3) is 3.97. The monoisotopic (exact) mass is 187 g/mol. The summed E-state index contributed by atoms with van der Waals surface area (Å²) < 4.78 is 24.1. The Bertz CT molecular complexity index is 239. The molecule has 3 heteroatoms. The number of aryl methyl sites for hydroxylation is 2. The van der Waals surface area contributed by atoms with Crippen LogP contribution in [0.4, 0.5) is 8.78 Å². The number of rotatable bonds is 1. The van der Waals surface area contributed by atoms with Crippen LogP contribution in [0.2, 0.25) is 0 Å². The van der Waals surface area contributed by atoms with Gasteiger partial charge in [0.2, 0.25) is 0 Å². The highest BCUT2D eigenvalue weighted by Gasteiger charge is 2.08. The molecular weight excluding hydrogens is 172 g/mol. The lowest BCUT2D eigenvalue weighted by Crippen LogP contribution is -1.93. The van der Waals surface area contributed by atoms with Crippen LogP contribution in [-0.4, -0.2) is 4.98 Å². The Morgan fingerprint density at radius 1 is 1.15 bits per heavy atom. The van der Waals surface area contributed by atoms with Crippen LogP contribution in [0.1, 0.15) is 37.2 Å². The van der Waals surface area contributed by atoms with E-state index in [9.17, 15) is 8.78 Å². The number of hydrogen-bond donors (Lipinski definition) is 0. The van der Waals surface area contributed by atoms with Gasteiger partial charge >= 0.3 is 0 Å². The fourth-order valence-electron chi connectivity index (χ4n) is 0.984. The van der Waals surface area contributed by atoms with Crippen LogP contribution in [0.15, 0.2) is 12.1 Å². The van der Waals surface area contributed by atoms with Gasteiger partial charge in [0.1, 0.15) is 5.69 Å². The maximum absolute atomic E-state index is 12.1. The summed E-state index contributed by atoms with van der Waals surface area (Å²) in [7, 11) is 0. The summed E-state index contributed by atoms with van der Waals surface area (Å²) in [5, 5.41) is 0. The molecule has 1 aromatic rings. The molecule has 74 valence electrons. The molecule has 0 aliphatic carbocycles. The molecule has 0 aliphatic heterocycles. The van der Waals surface area contributed by atoms with E-state index in [-0.39, 0.29) is 5.69 Å². The lowest BCUT2D eigenvalue weighted by molar-refractivity contribution is 0.146. The Hall–Kier alpha value is -0.990. The van der Waals surface area contributed by atoms with Crippen molar-refractivity contribution in [2.45, 2.75) is 34.1 Å². The summed E-state index contributed by atoms with van der Waals surface area (Å²) in [6.45, 7) is 7.49. The highest BCUT2D eigenvalue weighted by Crippen LogP contribution is 2.17. The average molecular weight is 187 g/mol. The van der Waals surface area contributed by atoms with Gasteiger partial charge in [-0.3, -0.25) is 4.98 Å². The molecule has 1 nitrogen and oxygen atoms in total. The molecule has 1 heterocycles. The first-order chi connectivity index (χ1) is 6.09. The number of aromatic nitrogens is 1. The van der Waals surface area contributed by atoms with Crippen molar-refractivity contribution in [1.29, 1.82) is 0 Å². The predicted octanol–water partition coefficient (Wildman–Crippen LogP) is 3.66. The van der Waals surface area contributed by atoms with Gasteiger partial charge in [-0.05, 0) is 31.5 Å². The lowest BCUT2D eigenvalue weighted by atomic mass is 10.2. The summed E-state index contributed by atoms with van der Waals surface area (Å²) >= 11 is 0. The first kappa shape index (κ1) is 12.0. The summed E-state index contributed by atoms with van der Waals surface area (Å²) in [5.41, 5.74) is 1.33. The molecule has 0 fully saturated rings. The van der Waals surface area contributed by atoms with Crippen molar-refractivity contribution in [2.75, 3.05) is 0 Å². The van der Waals surface area contributed by atoms with Gasteiger partial charge in [0.15, 0.2) is 0 Å². The minimum atomic E-state index is -2.46. The number of alkyl halides is 2. The zero-order chi connectivity index (χ0) is 10.4. The fraction of sp³-hybridized carbons (Fsp3) is 0.500. The van der Waals surface area contributed by atoms with Crippen LogP contribution in [-0.2, 0) is 0 Å². The van der Waals surface area contributed by atoms with Gasteiger partial charge in [-0.1, -0.05) is 13.8 Å². The molecule has 0 aromatic carbocycles. The van der Waals surface area contributed by atoms with Crippen molar-refractivity contribution in [1.82, 2.24) is 4.98 Å². The Labute approximate surface area is 77.8 Å². The average Bonchev–Trinajstić information content (AvgIpc) is 2.06. The summed E-state index contributed by atoms with van der Waals surface area (Å²) in [6.07, 6.45) is -2.46. The Kier molecular flexibility index (Phi) is 5.19. The minimum Gasteiger partial charge on any atom is -0.252 e. The standard InChI is InChI=1S/C8H9F2N.C2H6/c1-5-3-6(2)11-7(4-5)8(9)10;1-2/h3-4,8H,1-2H3;1-2H3. The first-order valence-electron chi connectivity index (χ1n) is 4.33. The first-order valence-corrected chi connectivity index (χ1v) is 4.33. The molecule has 0 saturated carbocycles. The fourth-order valence-corrected chi connectivity index (χ4v) is 0.984. The summed E-state index contributed by atoms with van der Waals surface area (Å²) in [5.74, 6) is 0. The second-order valence-electron chi connectivity index (χ2n) is 2.51. The van der Waals surface area contributed by atoms with Gasteiger partial charge in [-0.25, -0.2) is 8.78 Å². The van der Waals surface area contributed by atoms with Gasteiger partial charge in [-0.15, -0.1) is 0 Å². The highest BCUT2D eigenvalue weighted by molar-refractivity contribution is 5.19. The zero-order valence-electron chi connectivity index (χ0n) is 8.44. The second-order valence-corrected chi connectivity index (χ2v) is 2.51. The van der Waals surface area contributed by atoms with E-state index in [4.69, 9.17) is 0 Å². The van der Waals surface area contributed by atoms with Gasteiger partial charge < -0.3 is 0 Å². The molecule has 0 N–H and O–H groups in total. The molecule has 1 rings (SSSR count). The molecular formula is C10H15F2N. The number of nitrogens with zero attached hydrogens (tertiary/aromatic N) is 1. The third-order valence-electron chi connectivity index (χ3n) is 1.34. The number of halogens is 2. The van der Waals surface area contributed by atoms with Gasteiger partial charge in [-0.2, -0.15) is 0 Å². The number of pyridine rings is 1. The van der Waals surface area contributed by atoms with Crippen molar-refractivity contribution in [3.8, 4) is 0 Å². The van der Waals surface area contributed by atoms with E-state index in [1.807, 2.05) is 13.8 Å². The quantitative estimate of drug-likeness (QED) is 0.653. The maximum Gasteiger partial charge on any atom is 0.280 e.